The molecule has 0 bridgehead atoms. The van der Waals surface area contributed by atoms with Crippen molar-refractivity contribution in [1.29, 1.82) is 0 Å². The first-order valence-corrected chi connectivity index (χ1v) is 7.42. The van der Waals surface area contributed by atoms with E-state index in [0.29, 0.717) is 11.9 Å². The molecule has 1 unspecified atom stereocenters. The fourth-order valence-electron chi connectivity index (χ4n) is 3.35. The lowest BCUT2D eigenvalue weighted by Gasteiger charge is -2.31. The maximum atomic E-state index is 12.7. The summed E-state index contributed by atoms with van der Waals surface area (Å²) in [6.45, 7) is 2.84. The molecule has 3 heteroatoms. The van der Waals surface area contributed by atoms with E-state index >= 15 is 0 Å². The number of rotatable bonds is 2. The zero-order valence-corrected chi connectivity index (χ0v) is 11.3. The number of hydrogen-bond acceptors (Lipinski definition) is 2. The third-order valence-corrected chi connectivity index (χ3v) is 4.37. The van der Waals surface area contributed by atoms with Crippen LogP contribution in [0.15, 0.2) is 30.3 Å². The van der Waals surface area contributed by atoms with Crippen molar-refractivity contribution < 1.29 is 4.79 Å². The lowest BCUT2D eigenvalue weighted by molar-refractivity contribution is -0.137. The van der Waals surface area contributed by atoms with Crippen molar-refractivity contribution in [2.75, 3.05) is 19.6 Å². The van der Waals surface area contributed by atoms with E-state index in [1.165, 1.54) is 5.56 Å². The molecule has 1 amide bonds. The Hall–Kier alpha value is -1.35. The second kappa shape index (κ2) is 5.74. The van der Waals surface area contributed by atoms with Crippen LogP contribution in [-0.2, 0) is 4.79 Å². The smallest absolute Gasteiger partial charge is 0.227 e. The van der Waals surface area contributed by atoms with Crippen molar-refractivity contribution in [2.24, 2.45) is 5.92 Å². The molecule has 0 aromatic heterocycles. The maximum Gasteiger partial charge on any atom is 0.227 e. The molecule has 2 atom stereocenters. The highest BCUT2D eigenvalue weighted by molar-refractivity contribution is 5.80. The van der Waals surface area contributed by atoms with Crippen molar-refractivity contribution in [1.82, 2.24) is 10.2 Å². The molecule has 102 valence electrons. The Morgan fingerprint density at radius 2 is 2.00 bits per heavy atom. The number of benzene rings is 1. The highest BCUT2D eigenvalue weighted by Crippen LogP contribution is 2.33. The molecular weight excluding hydrogens is 236 g/mol. The number of carbonyl (C=O) groups excluding carboxylic acids is 1. The van der Waals surface area contributed by atoms with Gasteiger partial charge in [-0.15, -0.1) is 0 Å². The van der Waals surface area contributed by atoms with Crippen LogP contribution in [0.4, 0.5) is 0 Å². The van der Waals surface area contributed by atoms with Gasteiger partial charge in [0.15, 0.2) is 0 Å². The number of nitrogens with one attached hydrogen (secondary N) is 1. The predicted molar refractivity (Wildman–Crippen MR) is 75.7 cm³/mol. The third kappa shape index (κ3) is 2.66. The molecule has 1 N–H and O–H groups in total. The van der Waals surface area contributed by atoms with Gasteiger partial charge in [0.2, 0.25) is 5.91 Å². The summed E-state index contributed by atoms with van der Waals surface area (Å²) in [6, 6.07) is 10.8. The zero-order valence-electron chi connectivity index (χ0n) is 11.3. The summed E-state index contributed by atoms with van der Waals surface area (Å²) in [7, 11) is 0. The van der Waals surface area contributed by atoms with Crippen LogP contribution in [0.1, 0.15) is 37.3 Å². The summed E-state index contributed by atoms with van der Waals surface area (Å²) in [5.74, 6) is 0.552. The van der Waals surface area contributed by atoms with E-state index in [1.54, 1.807) is 0 Å². The molecule has 2 aliphatic heterocycles. The maximum absolute atomic E-state index is 12.7. The van der Waals surface area contributed by atoms with Crippen molar-refractivity contribution in [2.45, 2.75) is 31.7 Å². The Morgan fingerprint density at radius 3 is 2.74 bits per heavy atom. The predicted octanol–water partition coefficient (Wildman–Crippen LogP) is 2.35. The van der Waals surface area contributed by atoms with E-state index in [2.05, 4.69) is 34.5 Å². The minimum absolute atomic E-state index is 0.193. The van der Waals surface area contributed by atoms with Crippen LogP contribution in [0, 0.1) is 5.92 Å². The molecular formula is C16H22N2O. The standard InChI is InChI=1S/C16H22N2O/c19-16(14-8-4-10-17-12-14)18-11-5-9-15(18)13-6-2-1-3-7-13/h1-3,6-7,14-15,17H,4-5,8-12H2/t14-,15?/m0/s1. The van der Waals surface area contributed by atoms with E-state index in [9.17, 15) is 4.79 Å². The van der Waals surface area contributed by atoms with Crippen molar-refractivity contribution >= 4 is 5.91 Å². The number of nitrogens with zero attached hydrogens (tertiary/aromatic N) is 1. The van der Waals surface area contributed by atoms with Crippen molar-refractivity contribution in [3.63, 3.8) is 0 Å². The average molecular weight is 258 g/mol. The largest absolute Gasteiger partial charge is 0.335 e. The van der Waals surface area contributed by atoms with Gasteiger partial charge in [-0.3, -0.25) is 4.79 Å². The molecule has 0 spiro atoms. The molecule has 3 rings (SSSR count). The van der Waals surface area contributed by atoms with Gasteiger partial charge in [0.25, 0.3) is 0 Å². The second-order valence-corrected chi connectivity index (χ2v) is 5.64. The van der Waals surface area contributed by atoms with Gasteiger partial charge in [0, 0.05) is 13.1 Å². The zero-order chi connectivity index (χ0) is 13.1. The SMILES string of the molecule is O=C([C@H]1CCCNC1)N1CCCC1c1ccccc1. The van der Waals surface area contributed by atoms with Crippen LogP contribution in [0.3, 0.4) is 0 Å². The quantitative estimate of drug-likeness (QED) is 0.883. The lowest BCUT2D eigenvalue weighted by atomic mass is 9.97. The summed E-state index contributed by atoms with van der Waals surface area (Å²) < 4.78 is 0. The van der Waals surface area contributed by atoms with Gasteiger partial charge in [-0.25, -0.2) is 0 Å². The Kier molecular flexibility index (Phi) is 3.83. The molecule has 1 aromatic carbocycles. The van der Waals surface area contributed by atoms with Crippen LogP contribution in [0.2, 0.25) is 0 Å². The number of likely N-dealkylation sites (tertiary alicyclic amines) is 1. The summed E-state index contributed by atoms with van der Waals surface area (Å²) in [4.78, 5) is 14.8. The van der Waals surface area contributed by atoms with Crippen LogP contribution < -0.4 is 5.32 Å². The number of piperidine rings is 1. The molecule has 1 aromatic rings. The van der Waals surface area contributed by atoms with Crippen LogP contribution in [0.5, 0.6) is 0 Å². The molecule has 0 radical (unpaired) electrons. The summed E-state index contributed by atoms with van der Waals surface area (Å²) in [6.07, 6.45) is 4.41. The van der Waals surface area contributed by atoms with Crippen LogP contribution in [-0.4, -0.2) is 30.4 Å². The first-order chi connectivity index (χ1) is 9.36. The number of carbonyl (C=O) groups is 1. The Bertz CT molecular complexity index is 426. The van der Waals surface area contributed by atoms with Crippen molar-refractivity contribution in [3.05, 3.63) is 35.9 Å². The molecule has 2 saturated heterocycles. The highest BCUT2D eigenvalue weighted by atomic mass is 16.2. The van der Waals surface area contributed by atoms with Gasteiger partial charge in [0.1, 0.15) is 0 Å². The van der Waals surface area contributed by atoms with Gasteiger partial charge >= 0.3 is 0 Å². The molecule has 0 saturated carbocycles. The van der Waals surface area contributed by atoms with Gasteiger partial charge < -0.3 is 10.2 Å². The van der Waals surface area contributed by atoms with Crippen LogP contribution in [0.25, 0.3) is 0 Å². The number of hydrogen-bond donors (Lipinski definition) is 1. The molecule has 19 heavy (non-hydrogen) atoms. The molecule has 0 aliphatic carbocycles. The third-order valence-electron chi connectivity index (χ3n) is 4.37. The Morgan fingerprint density at radius 1 is 1.16 bits per heavy atom. The van der Waals surface area contributed by atoms with Crippen molar-refractivity contribution in [3.8, 4) is 0 Å². The molecule has 3 nitrogen and oxygen atoms in total. The Balaban J connectivity index is 1.74. The first kappa shape index (κ1) is 12.7. The monoisotopic (exact) mass is 258 g/mol. The summed E-state index contributed by atoms with van der Waals surface area (Å²) in [5, 5.41) is 3.35. The summed E-state index contributed by atoms with van der Waals surface area (Å²) >= 11 is 0. The minimum Gasteiger partial charge on any atom is -0.335 e. The Labute approximate surface area is 115 Å². The van der Waals surface area contributed by atoms with E-state index in [0.717, 1.165) is 45.3 Å². The minimum atomic E-state index is 0.193. The normalized spacial score (nSPS) is 27.5. The van der Waals surface area contributed by atoms with E-state index in [4.69, 9.17) is 0 Å². The van der Waals surface area contributed by atoms with Gasteiger partial charge in [-0.05, 0) is 37.8 Å². The topological polar surface area (TPSA) is 32.3 Å². The molecule has 2 fully saturated rings. The van der Waals surface area contributed by atoms with Gasteiger partial charge in [-0.2, -0.15) is 0 Å². The molecule has 2 heterocycles. The average Bonchev–Trinajstić information content (AvgIpc) is 2.98. The van der Waals surface area contributed by atoms with Crippen LogP contribution >= 0.6 is 0 Å². The van der Waals surface area contributed by atoms with E-state index in [1.807, 2.05) is 6.07 Å². The fourth-order valence-corrected chi connectivity index (χ4v) is 3.35. The second-order valence-electron chi connectivity index (χ2n) is 5.64. The van der Waals surface area contributed by atoms with E-state index < -0.39 is 0 Å². The molecule has 2 aliphatic rings. The van der Waals surface area contributed by atoms with E-state index in [-0.39, 0.29) is 5.92 Å². The lowest BCUT2D eigenvalue weighted by Crippen LogP contribution is -2.42. The fraction of sp³-hybridized carbons (Fsp3) is 0.562. The number of amides is 1. The highest BCUT2D eigenvalue weighted by Gasteiger charge is 2.34. The first-order valence-electron chi connectivity index (χ1n) is 7.42. The summed E-state index contributed by atoms with van der Waals surface area (Å²) in [5.41, 5.74) is 1.29. The van der Waals surface area contributed by atoms with Gasteiger partial charge in [0.05, 0.1) is 12.0 Å². The van der Waals surface area contributed by atoms with Gasteiger partial charge in [-0.1, -0.05) is 30.3 Å².